The molecule has 0 aromatic heterocycles. The number of Topliss-reactive ketones (excluding diaryl/α,β-unsaturated/α-hetero) is 1. The first-order chi connectivity index (χ1) is 15.7. The molecule has 1 aliphatic rings. The molecule has 1 aliphatic heterocycles. The summed E-state index contributed by atoms with van der Waals surface area (Å²) >= 11 is 0. The molecule has 168 valence electrons. The molecule has 1 amide bonds. The highest BCUT2D eigenvalue weighted by Crippen LogP contribution is 2.40. The summed E-state index contributed by atoms with van der Waals surface area (Å²) in [5.74, 6) is -1.40. The predicted molar refractivity (Wildman–Crippen MR) is 131 cm³/mol. The normalized spacial score (nSPS) is 18.1. The Hall–Kier alpha value is -3.66. The Labute approximate surface area is 195 Å². The molecule has 1 heterocycles. The van der Waals surface area contributed by atoms with Crippen LogP contribution in [-0.4, -0.2) is 21.7 Å². The minimum absolute atomic E-state index is 0.0216. The van der Waals surface area contributed by atoms with Crippen molar-refractivity contribution in [2.75, 3.05) is 0 Å². The molecule has 3 aromatic rings. The topological polar surface area (TPSA) is 57.6 Å². The number of ketones is 1. The molecule has 4 heteroatoms. The molecule has 1 atom stereocenters. The maximum absolute atomic E-state index is 13.2. The zero-order valence-corrected chi connectivity index (χ0v) is 19.5. The van der Waals surface area contributed by atoms with Crippen LogP contribution in [0.1, 0.15) is 54.6 Å². The van der Waals surface area contributed by atoms with E-state index in [2.05, 4.69) is 20.8 Å². The molecule has 33 heavy (non-hydrogen) atoms. The minimum atomic E-state index is -0.666. The van der Waals surface area contributed by atoms with Crippen molar-refractivity contribution in [1.29, 1.82) is 0 Å². The summed E-state index contributed by atoms with van der Waals surface area (Å²) in [4.78, 5) is 27.9. The number of aliphatic hydroxyl groups is 1. The van der Waals surface area contributed by atoms with Gasteiger partial charge in [0.25, 0.3) is 11.7 Å². The van der Waals surface area contributed by atoms with Gasteiger partial charge in [-0.15, -0.1) is 0 Å². The molecule has 1 N–H and O–H groups in total. The molecule has 0 bridgehead atoms. The number of aliphatic hydroxyl groups excluding tert-OH is 1. The summed E-state index contributed by atoms with van der Waals surface area (Å²) in [7, 11) is 0. The van der Waals surface area contributed by atoms with Crippen LogP contribution < -0.4 is 0 Å². The van der Waals surface area contributed by atoms with E-state index in [-0.39, 0.29) is 23.3 Å². The van der Waals surface area contributed by atoms with Gasteiger partial charge < -0.3 is 10.0 Å². The molecule has 1 fully saturated rings. The lowest BCUT2D eigenvalue weighted by molar-refractivity contribution is -0.140. The molecular weight excluding hydrogens is 410 g/mol. The summed E-state index contributed by atoms with van der Waals surface area (Å²) < 4.78 is 0. The van der Waals surface area contributed by atoms with Gasteiger partial charge in [-0.25, -0.2) is 0 Å². The third kappa shape index (κ3) is 4.47. The minimum Gasteiger partial charge on any atom is -0.507 e. The third-order valence-electron chi connectivity index (χ3n) is 6.15. The number of nitrogens with zero attached hydrogens (tertiary/aromatic N) is 1. The second kappa shape index (κ2) is 8.70. The zero-order chi connectivity index (χ0) is 23.8. The molecule has 1 unspecified atom stereocenters. The fourth-order valence-electron chi connectivity index (χ4n) is 4.20. The van der Waals surface area contributed by atoms with Gasteiger partial charge in [-0.05, 0) is 29.0 Å². The number of benzene rings is 3. The molecule has 0 saturated carbocycles. The van der Waals surface area contributed by atoms with Crippen LogP contribution in [0.5, 0.6) is 0 Å². The number of rotatable bonds is 4. The second-order valence-electron chi connectivity index (χ2n) is 9.65. The number of hydrogen-bond donors (Lipinski definition) is 1. The van der Waals surface area contributed by atoms with Crippen LogP contribution in [0, 0.1) is 6.92 Å². The highest BCUT2D eigenvalue weighted by molar-refractivity contribution is 6.46. The first-order valence-electron chi connectivity index (χ1n) is 11.2. The van der Waals surface area contributed by atoms with Crippen molar-refractivity contribution >= 4 is 17.4 Å². The summed E-state index contributed by atoms with van der Waals surface area (Å²) in [6.45, 7) is 8.66. The molecule has 0 spiro atoms. The van der Waals surface area contributed by atoms with E-state index in [1.165, 1.54) is 0 Å². The van der Waals surface area contributed by atoms with E-state index in [4.69, 9.17) is 0 Å². The van der Waals surface area contributed by atoms with Crippen molar-refractivity contribution in [2.45, 2.75) is 45.7 Å². The van der Waals surface area contributed by atoms with Crippen molar-refractivity contribution in [3.63, 3.8) is 0 Å². The lowest BCUT2D eigenvalue weighted by Crippen LogP contribution is -2.29. The van der Waals surface area contributed by atoms with Crippen molar-refractivity contribution in [1.82, 2.24) is 4.90 Å². The smallest absolute Gasteiger partial charge is 0.295 e. The maximum atomic E-state index is 13.2. The number of likely N-dealkylation sites (tertiary alicyclic amines) is 1. The Balaban J connectivity index is 1.85. The molecule has 0 radical (unpaired) electrons. The summed E-state index contributed by atoms with van der Waals surface area (Å²) in [6, 6.07) is 24.2. The predicted octanol–water partition coefficient (Wildman–Crippen LogP) is 5.91. The van der Waals surface area contributed by atoms with Gasteiger partial charge in [-0.2, -0.15) is 0 Å². The Kier molecular flexibility index (Phi) is 5.94. The molecular formula is C29H29NO3. The average Bonchev–Trinajstić information content (AvgIpc) is 3.04. The van der Waals surface area contributed by atoms with Crippen molar-refractivity contribution in [2.24, 2.45) is 0 Å². The van der Waals surface area contributed by atoms with E-state index in [1.54, 1.807) is 17.0 Å². The first kappa shape index (κ1) is 22.5. The number of carbonyl (C=O) groups is 2. The van der Waals surface area contributed by atoms with Crippen LogP contribution in [0.2, 0.25) is 0 Å². The van der Waals surface area contributed by atoms with Gasteiger partial charge in [0.2, 0.25) is 0 Å². The van der Waals surface area contributed by atoms with Gasteiger partial charge >= 0.3 is 0 Å². The van der Waals surface area contributed by atoms with Gasteiger partial charge in [-0.1, -0.05) is 105 Å². The third-order valence-corrected chi connectivity index (χ3v) is 6.15. The fraction of sp³-hybridized carbons (Fsp3) is 0.241. The highest BCUT2D eigenvalue weighted by Gasteiger charge is 2.46. The number of aryl methyl sites for hydroxylation is 1. The largest absolute Gasteiger partial charge is 0.507 e. The monoisotopic (exact) mass is 439 g/mol. The number of amides is 1. The maximum Gasteiger partial charge on any atom is 0.295 e. The summed E-state index contributed by atoms with van der Waals surface area (Å²) in [5.41, 5.74) is 4.55. The molecule has 4 nitrogen and oxygen atoms in total. The lowest BCUT2D eigenvalue weighted by atomic mass is 9.85. The number of hydrogen-bond acceptors (Lipinski definition) is 3. The Morgan fingerprint density at radius 2 is 1.48 bits per heavy atom. The van der Waals surface area contributed by atoms with Gasteiger partial charge in [0.05, 0.1) is 11.6 Å². The molecule has 0 aliphatic carbocycles. The van der Waals surface area contributed by atoms with Gasteiger partial charge in [0, 0.05) is 12.1 Å². The second-order valence-corrected chi connectivity index (χ2v) is 9.65. The first-order valence-corrected chi connectivity index (χ1v) is 11.2. The number of carbonyl (C=O) groups excluding carboxylic acids is 2. The molecule has 3 aromatic carbocycles. The lowest BCUT2D eigenvalue weighted by Gasteiger charge is -2.26. The van der Waals surface area contributed by atoms with Crippen molar-refractivity contribution < 1.29 is 14.7 Å². The van der Waals surface area contributed by atoms with Crippen LogP contribution in [0.15, 0.2) is 84.4 Å². The van der Waals surface area contributed by atoms with E-state index < -0.39 is 17.7 Å². The zero-order valence-electron chi connectivity index (χ0n) is 19.5. The SMILES string of the molecule is Cc1ccc(/C(O)=C2\C(=O)C(=O)N(Cc3ccccc3)C2c2ccc(C(C)(C)C)cc2)cc1. The van der Waals surface area contributed by atoms with Crippen molar-refractivity contribution in [3.05, 3.63) is 112 Å². The van der Waals surface area contributed by atoms with Crippen LogP contribution >= 0.6 is 0 Å². The van der Waals surface area contributed by atoms with E-state index in [0.29, 0.717) is 5.56 Å². The van der Waals surface area contributed by atoms with Crippen molar-refractivity contribution in [3.8, 4) is 0 Å². The Morgan fingerprint density at radius 1 is 0.879 bits per heavy atom. The summed E-state index contributed by atoms with van der Waals surface area (Å²) in [5, 5.41) is 11.2. The standard InChI is InChI=1S/C29H29NO3/c1-19-10-12-22(13-11-19)26(31)24-25(21-14-16-23(17-15-21)29(2,3)4)30(28(33)27(24)32)18-20-8-6-5-7-9-20/h5-17,25,31H,18H2,1-4H3/b26-24+. The van der Waals surface area contributed by atoms with Crippen LogP contribution in [-0.2, 0) is 21.5 Å². The van der Waals surface area contributed by atoms with E-state index in [0.717, 1.165) is 22.3 Å². The quantitative estimate of drug-likeness (QED) is 0.312. The van der Waals surface area contributed by atoms with E-state index in [1.807, 2.05) is 73.7 Å². The van der Waals surface area contributed by atoms with Gasteiger partial charge in [0.15, 0.2) is 0 Å². The van der Waals surface area contributed by atoms with Crippen LogP contribution in [0.4, 0.5) is 0 Å². The van der Waals surface area contributed by atoms with E-state index in [9.17, 15) is 14.7 Å². The summed E-state index contributed by atoms with van der Waals surface area (Å²) in [6.07, 6.45) is 0. The Bertz CT molecular complexity index is 1200. The van der Waals surface area contributed by atoms with Gasteiger partial charge in [0.1, 0.15) is 5.76 Å². The molecule has 1 saturated heterocycles. The van der Waals surface area contributed by atoms with Crippen LogP contribution in [0.3, 0.4) is 0 Å². The van der Waals surface area contributed by atoms with Gasteiger partial charge in [-0.3, -0.25) is 9.59 Å². The molecule has 4 rings (SSSR count). The van der Waals surface area contributed by atoms with E-state index >= 15 is 0 Å². The van der Waals surface area contributed by atoms with Crippen LogP contribution in [0.25, 0.3) is 5.76 Å². The average molecular weight is 440 g/mol. The Morgan fingerprint density at radius 3 is 2.06 bits per heavy atom. The fourth-order valence-corrected chi connectivity index (χ4v) is 4.20. The highest BCUT2D eigenvalue weighted by atomic mass is 16.3.